The molecule has 0 aromatic heterocycles. The van der Waals surface area contributed by atoms with Crippen LogP contribution in [0.5, 0.6) is 0 Å². The van der Waals surface area contributed by atoms with Crippen LogP contribution >= 0.6 is 0 Å². The lowest BCUT2D eigenvalue weighted by Gasteiger charge is -2.23. The molecule has 92 valence electrons. The third-order valence-corrected chi connectivity index (χ3v) is 3.51. The summed E-state index contributed by atoms with van der Waals surface area (Å²) in [6, 6.07) is 0. The molecule has 2 rings (SSSR count). The first-order valence-electron chi connectivity index (χ1n) is 6.26. The Hall–Kier alpha value is -0.610. The Morgan fingerprint density at radius 2 is 2.31 bits per heavy atom. The average molecular weight is 227 g/mol. The van der Waals surface area contributed by atoms with E-state index < -0.39 is 0 Å². The molecule has 0 saturated carbocycles. The standard InChI is InChI=1S/C12H21NO3/c1-9-6-13-7-11(9)12(14)16-8-10-4-2-3-5-15-10/h9-11,13H,2-8H2,1H3. The van der Waals surface area contributed by atoms with E-state index in [-0.39, 0.29) is 18.0 Å². The van der Waals surface area contributed by atoms with Gasteiger partial charge in [0.05, 0.1) is 12.0 Å². The molecule has 2 heterocycles. The molecular formula is C12H21NO3. The molecule has 4 nitrogen and oxygen atoms in total. The van der Waals surface area contributed by atoms with Crippen LogP contribution in [-0.4, -0.2) is 38.4 Å². The van der Waals surface area contributed by atoms with E-state index >= 15 is 0 Å². The molecule has 1 N–H and O–H groups in total. The Morgan fingerprint density at radius 1 is 1.44 bits per heavy atom. The van der Waals surface area contributed by atoms with E-state index in [0.717, 1.165) is 32.5 Å². The molecule has 0 aromatic carbocycles. The topological polar surface area (TPSA) is 47.6 Å². The van der Waals surface area contributed by atoms with Gasteiger partial charge in [0.1, 0.15) is 6.61 Å². The van der Waals surface area contributed by atoms with Gasteiger partial charge in [-0.2, -0.15) is 0 Å². The van der Waals surface area contributed by atoms with Crippen molar-refractivity contribution in [3.8, 4) is 0 Å². The van der Waals surface area contributed by atoms with Crippen LogP contribution < -0.4 is 5.32 Å². The molecule has 2 saturated heterocycles. The SMILES string of the molecule is CC1CNCC1C(=O)OCC1CCCCO1. The normalized spacial score (nSPS) is 34.9. The van der Waals surface area contributed by atoms with Crippen LogP contribution in [0.25, 0.3) is 0 Å². The lowest BCUT2D eigenvalue weighted by atomic mass is 9.98. The Labute approximate surface area is 96.7 Å². The van der Waals surface area contributed by atoms with Crippen molar-refractivity contribution in [2.75, 3.05) is 26.3 Å². The highest BCUT2D eigenvalue weighted by Gasteiger charge is 2.31. The van der Waals surface area contributed by atoms with Gasteiger partial charge in [0.15, 0.2) is 0 Å². The first-order valence-corrected chi connectivity index (χ1v) is 6.26. The molecule has 0 bridgehead atoms. The van der Waals surface area contributed by atoms with E-state index in [1.54, 1.807) is 0 Å². The monoisotopic (exact) mass is 227 g/mol. The van der Waals surface area contributed by atoms with Crippen LogP contribution in [0.2, 0.25) is 0 Å². The summed E-state index contributed by atoms with van der Waals surface area (Å²) in [5.74, 6) is 0.357. The van der Waals surface area contributed by atoms with E-state index in [4.69, 9.17) is 9.47 Å². The lowest BCUT2D eigenvalue weighted by molar-refractivity contribution is -0.154. The van der Waals surface area contributed by atoms with E-state index in [0.29, 0.717) is 12.5 Å². The largest absolute Gasteiger partial charge is 0.463 e. The maximum absolute atomic E-state index is 11.8. The van der Waals surface area contributed by atoms with Crippen molar-refractivity contribution in [1.82, 2.24) is 5.32 Å². The quantitative estimate of drug-likeness (QED) is 0.729. The molecule has 3 unspecified atom stereocenters. The van der Waals surface area contributed by atoms with Crippen LogP contribution in [0.3, 0.4) is 0 Å². The van der Waals surface area contributed by atoms with Gasteiger partial charge >= 0.3 is 5.97 Å². The Morgan fingerprint density at radius 3 is 2.94 bits per heavy atom. The van der Waals surface area contributed by atoms with Gasteiger partial charge in [-0.15, -0.1) is 0 Å². The number of carbonyl (C=O) groups excluding carboxylic acids is 1. The highest BCUT2D eigenvalue weighted by atomic mass is 16.6. The summed E-state index contributed by atoms with van der Waals surface area (Å²) in [4.78, 5) is 11.8. The second-order valence-corrected chi connectivity index (χ2v) is 4.86. The first kappa shape index (κ1) is 11.9. The number of rotatable bonds is 3. The van der Waals surface area contributed by atoms with Gasteiger partial charge in [-0.25, -0.2) is 0 Å². The average Bonchev–Trinajstić information content (AvgIpc) is 2.74. The van der Waals surface area contributed by atoms with Crippen LogP contribution in [-0.2, 0) is 14.3 Å². The van der Waals surface area contributed by atoms with E-state index in [1.165, 1.54) is 6.42 Å². The zero-order valence-corrected chi connectivity index (χ0v) is 9.91. The molecule has 2 aliphatic heterocycles. The summed E-state index contributed by atoms with van der Waals surface area (Å²) < 4.78 is 10.9. The van der Waals surface area contributed by atoms with E-state index in [9.17, 15) is 4.79 Å². The minimum atomic E-state index is -0.0633. The lowest BCUT2D eigenvalue weighted by Crippen LogP contribution is -2.30. The fraction of sp³-hybridized carbons (Fsp3) is 0.917. The molecule has 0 aromatic rings. The van der Waals surface area contributed by atoms with Gasteiger partial charge in [0, 0.05) is 13.2 Å². The summed E-state index contributed by atoms with van der Waals surface area (Å²) in [7, 11) is 0. The van der Waals surface area contributed by atoms with E-state index in [2.05, 4.69) is 12.2 Å². The summed E-state index contributed by atoms with van der Waals surface area (Å²) in [5, 5.41) is 3.21. The van der Waals surface area contributed by atoms with Crippen molar-refractivity contribution < 1.29 is 14.3 Å². The van der Waals surface area contributed by atoms with Crippen molar-refractivity contribution in [2.45, 2.75) is 32.3 Å². The number of esters is 1. The fourth-order valence-electron chi connectivity index (χ4n) is 2.35. The smallest absolute Gasteiger partial charge is 0.310 e. The highest BCUT2D eigenvalue weighted by molar-refractivity contribution is 5.73. The molecule has 2 fully saturated rings. The van der Waals surface area contributed by atoms with Crippen molar-refractivity contribution in [3.05, 3.63) is 0 Å². The Balaban J connectivity index is 1.70. The maximum atomic E-state index is 11.8. The number of carbonyl (C=O) groups is 1. The molecule has 0 radical (unpaired) electrons. The summed E-state index contributed by atoms with van der Waals surface area (Å²) in [6.45, 7) is 5.00. The molecule has 2 aliphatic rings. The van der Waals surface area contributed by atoms with Crippen LogP contribution in [0, 0.1) is 11.8 Å². The molecule has 0 spiro atoms. The summed E-state index contributed by atoms with van der Waals surface area (Å²) in [6.07, 6.45) is 3.46. The maximum Gasteiger partial charge on any atom is 0.310 e. The minimum Gasteiger partial charge on any atom is -0.463 e. The first-order chi connectivity index (χ1) is 7.77. The van der Waals surface area contributed by atoms with Gasteiger partial charge < -0.3 is 14.8 Å². The van der Waals surface area contributed by atoms with Crippen molar-refractivity contribution in [1.29, 1.82) is 0 Å². The highest BCUT2D eigenvalue weighted by Crippen LogP contribution is 2.18. The van der Waals surface area contributed by atoms with Gasteiger partial charge in [0.25, 0.3) is 0 Å². The third-order valence-electron chi connectivity index (χ3n) is 3.51. The van der Waals surface area contributed by atoms with Crippen molar-refractivity contribution in [2.24, 2.45) is 11.8 Å². The van der Waals surface area contributed by atoms with Crippen molar-refractivity contribution in [3.63, 3.8) is 0 Å². The summed E-state index contributed by atoms with van der Waals surface area (Å²) in [5.41, 5.74) is 0. The van der Waals surface area contributed by atoms with Crippen LogP contribution in [0.1, 0.15) is 26.2 Å². The number of ether oxygens (including phenoxy) is 2. The minimum absolute atomic E-state index is 0.0311. The zero-order chi connectivity index (χ0) is 11.4. The van der Waals surface area contributed by atoms with Gasteiger partial charge in [0.2, 0.25) is 0 Å². The molecule has 4 heteroatoms. The molecule has 0 amide bonds. The van der Waals surface area contributed by atoms with Gasteiger partial charge in [-0.05, 0) is 31.7 Å². The van der Waals surface area contributed by atoms with E-state index in [1.807, 2.05) is 0 Å². The predicted octanol–water partition coefficient (Wildman–Crippen LogP) is 0.954. The second kappa shape index (κ2) is 5.64. The van der Waals surface area contributed by atoms with Crippen molar-refractivity contribution >= 4 is 5.97 Å². The van der Waals surface area contributed by atoms with Gasteiger partial charge in [-0.1, -0.05) is 6.92 Å². The Bertz CT molecular complexity index is 238. The number of hydrogen-bond acceptors (Lipinski definition) is 4. The molecule has 16 heavy (non-hydrogen) atoms. The fourth-order valence-corrected chi connectivity index (χ4v) is 2.35. The number of hydrogen-bond donors (Lipinski definition) is 1. The predicted molar refractivity (Wildman–Crippen MR) is 60.1 cm³/mol. The molecular weight excluding hydrogens is 206 g/mol. The van der Waals surface area contributed by atoms with Crippen LogP contribution in [0.15, 0.2) is 0 Å². The molecule has 3 atom stereocenters. The van der Waals surface area contributed by atoms with Crippen LogP contribution in [0.4, 0.5) is 0 Å². The molecule has 0 aliphatic carbocycles. The Kier molecular flexibility index (Phi) is 4.18. The summed E-state index contributed by atoms with van der Waals surface area (Å²) >= 11 is 0. The zero-order valence-electron chi connectivity index (χ0n) is 9.91. The number of nitrogens with one attached hydrogen (secondary N) is 1. The third kappa shape index (κ3) is 2.95. The van der Waals surface area contributed by atoms with Gasteiger partial charge in [-0.3, -0.25) is 4.79 Å². The second-order valence-electron chi connectivity index (χ2n) is 4.86.